The molecule has 3 aromatic rings. The lowest BCUT2D eigenvalue weighted by atomic mass is 10.4. The van der Waals surface area contributed by atoms with Crippen LogP contribution in [0.15, 0.2) is 29.0 Å². The molecular formula is C12H13ClN6O2S2. The highest BCUT2D eigenvalue weighted by molar-refractivity contribution is 7.94. The summed E-state index contributed by atoms with van der Waals surface area (Å²) in [7, 11) is -3.75. The normalized spacial score (nSPS) is 11.8. The fourth-order valence-corrected chi connectivity index (χ4v) is 4.68. The van der Waals surface area contributed by atoms with Crippen LogP contribution in [0, 0.1) is 6.92 Å². The number of hydrogen-bond acceptors (Lipinski definition) is 6. The number of halogens is 1. The van der Waals surface area contributed by atoms with Gasteiger partial charge in [0, 0.05) is 6.54 Å². The second kappa shape index (κ2) is 5.95. The van der Waals surface area contributed by atoms with Gasteiger partial charge in [0.25, 0.3) is 10.0 Å². The number of nitrogens with one attached hydrogen (secondary N) is 1. The smallest absolute Gasteiger partial charge is 0.271 e. The van der Waals surface area contributed by atoms with Crippen molar-refractivity contribution in [1.82, 2.24) is 24.5 Å². The maximum Gasteiger partial charge on any atom is 0.271 e. The summed E-state index contributed by atoms with van der Waals surface area (Å²) in [5.74, 6) is 0.417. The van der Waals surface area contributed by atoms with Crippen LogP contribution in [0.25, 0.3) is 5.82 Å². The van der Waals surface area contributed by atoms with Crippen LogP contribution in [0.4, 0.5) is 5.69 Å². The molecule has 8 nitrogen and oxygen atoms in total. The third-order valence-corrected chi connectivity index (χ3v) is 6.27. The molecule has 0 aliphatic rings. The van der Waals surface area contributed by atoms with Gasteiger partial charge in [-0.1, -0.05) is 11.6 Å². The zero-order valence-electron chi connectivity index (χ0n) is 12.3. The van der Waals surface area contributed by atoms with Gasteiger partial charge in [0.15, 0.2) is 5.82 Å². The fourth-order valence-electron chi connectivity index (χ4n) is 2.08. The zero-order valence-corrected chi connectivity index (χ0v) is 14.7. The van der Waals surface area contributed by atoms with Crippen molar-refractivity contribution < 1.29 is 8.42 Å². The summed E-state index contributed by atoms with van der Waals surface area (Å²) >= 11 is 6.82. The third-order valence-electron chi connectivity index (χ3n) is 3.20. The standard InChI is InChI=1S/C12H13ClN6O2S2/c1-3-19-8(2)11(12(16-19)18-6-14-15-7-18)17-23(20,21)10-5-4-9(13)22-10/h4-7,17H,3H2,1-2H3. The summed E-state index contributed by atoms with van der Waals surface area (Å²) in [5.41, 5.74) is 1.08. The van der Waals surface area contributed by atoms with Crippen LogP contribution in [0.5, 0.6) is 0 Å². The van der Waals surface area contributed by atoms with E-state index in [1.165, 1.54) is 18.7 Å². The van der Waals surface area contributed by atoms with Crippen molar-refractivity contribution in [2.45, 2.75) is 24.6 Å². The molecule has 0 bridgehead atoms. The van der Waals surface area contributed by atoms with Crippen molar-refractivity contribution in [3.8, 4) is 5.82 Å². The number of anilines is 1. The van der Waals surface area contributed by atoms with E-state index in [1.54, 1.807) is 22.2 Å². The lowest BCUT2D eigenvalue weighted by Crippen LogP contribution is -2.13. The Hall–Kier alpha value is -1.91. The van der Waals surface area contributed by atoms with Crippen molar-refractivity contribution in [2.75, 3.05) is 4.72 Å². The fraction of sp³-hybridized carbons (Fsp3) is 0.250. The number of hydrogen-bond donors (Lipinski definition) is 1. The van der Waals surface area contributed by atoms with Gasteiger partial charge in [-0.2, -0.15) is 5.10 Å². The van der Waals surface area contributed by atoms with Gasteiger partial charge < -0.3 is 0 Å². The van der Waals surface area contributed by atoms with E-state index < -0.39 is 10.0 Å². The number of aromatic nitrogens is 5. The molecule has 0 radical (unpaired) electrons. The monoisotopic (exact) mass is 372 g/mol. The molecule has 0 aliphatic heterocycles. The molecule has 0 aromatic carbocycles. The highest BCUT2D eigenvalue weighted by atomic mass is 35.5. The molecule has 0 unspecified atom stereocenters. The Morgan fingerprint density at radius 2 is 2.00 bits per heavy atom. The maximum absolute atomic E-state index is 12.5. The van der Waals surface area contributed by atoms with Crippen LogP contribution >= 0.6 is 22.9 Å². The second-order valence-electron chi connectivity index (χ2n) is 4.63. The molecule has 0 amide bonds. The Morgan fingerprint density at radius 1 is 1.30 bits per heavy atom. The first-order chi connectivity index (χ1) is 10.9. The van der Waals surface area contributed by atoms with E-state index in [9.17, 15) is 8.42 Å². The van der Waals surface area contributed by atoms with E-state index in [1.807, 2.05) is 6.92 Å². The van der Waals surface area contributed by atoms with E-state index in [-0.39, 0.29) is 4.21 Å². The van der Waals surface area contributed by atoms with Crippen LogP contribution in [0.1, 0.15) is 12.6 Å². The minimum atomic E-state index is -3.75. The molecule has 23 heavy (non-hydrogen) atoms. The van der Waals surface area contributed by atoms with E-state index >= 15 is 0 Å². The molecule has 0 atom stereocenters. The van der Waals surface area contributed by atoms with E-state index in [0.717, 1.165) is 11.3 Å². The molecule has 0 aliphatic carbocycles. The van der Waals surface area contributed by atoms with Crippen molar-refractivity contribution in [3.63, 3.8) is 0 Å². The molecular weight excluding hydrogens is 360 g/mol. The Morgan fingerprint density at radius 3 is 2.57 bits per heavy atom. The van der Waals surface area contributed by atoms with Crippen LogP contribution < -0.4 is 4.72 Å². The molecule has 3 heterocycles. The first-order valence-corrected chi connectivity index (χ1v) is 9.30. The minimum Gasteiger partial charge on any atom is -0.273 e. The average Bonchev–Trinajstić information content (AvgIpc) is 3.21. The van der Waals surface area contributed by atoms with Gasteiger partial charge in [-0.25, -0.2) is 8.42 Å². The van der Waals surface area contributed by atoms with E-state index in [4.69, 9.17) is 11.6 Å². The van der Waals surface area contributed by atoms with Crippen molar-refractivity contribution in [3.05, 3.63) is 34.8 Å². The summed E-state index contributed by atoms with van der Waals surface area (Å²) in [6.45, 7) is 4.32. The summed E-state index contributed by atoms with van der Waals surface area (Å²) in [4.78, 5) is 0. The van der Waals surface area contributed by atoms with Crippen LogP contribution in [-0.4, -0.2) is 33.0 Å². The van der Waals surface area contributed by atoms with Gasteiger partial charge in [-0.05, 0) is 26.0 Å². The van der Waals surface area contributed by atoms with Gasteiger partial charge >= 0.3 is 0 Å². The molecule has 122 valence electrons. The van der Waals surface area contributed by atoms with Gasteiger partial charge in [-0.15, -0.1) is 21.5 Å². The Labute approximate surface area is 141 Å². The second-order valence-corrected chi connectivity index (χ2v) is 8.26. The van der Waals surface area contributed by atoms with Crippen LogP contribution in [0.2, 0.25) is 4.34 Å². The quantitative estimate of drug-likeness (QED) is 0.741. The Bertz CT molecular complexity index is 929. The molecule has 0 fully saturated rings. The number of aryl methyl sites for hydroxylation is 1. The highest BCUT2D eigenvalue weighted by Crippen LogP contribution is 2.30. The molecule has 0 spiro atoms. The van der Waals surface area contributed by atoms with Gasteiger partial charge in [0.2, 0.25) is 0 Å². The van der Waals surface area contributed by atoms with E-state index in [2.05, 4.69) is 20.0 Å². The summed E-state index contributed by atoms with van der Waals surface area (Å²) < 4.78 is 31.5. The minimum absolute atomic E-state index is 0.140. The molecule has 0 saturated heterocycles. The highest BCUT2D eigenvalue weighted by Gasteiger charge is 2.23. The first-order valence-electron chi connectivity index (χ1n) is 6.63. The van der Waals surface area contributed by atoms with Crippen molar-refractivity contribution in [2.24, 2.45) is 0 Å². The molecule has 3 aromatic heterocycles. The van der Waals surface area contributed by atoms with Crippen molar-refractivity contribution >= 4 is 38.6 Å². The third kappa shape index (κ3) is 2.96. The Kier molecular flexibility index (Phi) is 4.13. The predicted molar refractivity (Wildman–Crippen MR) is 87.7 cm³/mol. The summed E-state index contributed by atoms with van der Waals surface area (Å²) in [5, 5.41) is 11.9. The SMILES string of the molecule is CCn1nc(-n2cnnc2)c(NS(=O)(=O)c2ccc(Cl)s2)c1C. The zero-order chi connectivity index (χ0) is 16.6. The van der Waals surface area contributed by atoms with Gasteiger partial charge in [0.1, 0.15) is 22.6 Å². The number of rotatable bonds is 5. The predicted octanol–water partition coefficient (Wildman–Crippen LogP) is 2.31. The average molecular weight is 373 g/mol. The lowest BCUT2D eigenvalue weighted by molar-refractivity contribution is 0.603. The maximum atomic E-state index is 12.5. The first kappa shape index (κ1) is 16.0. The molecule has 0 saturated carbocycles. The van der Waals surface area contributed by atoms with Crippen LogP contribution in [0.3, 0.4) is 0 Å². The molecule has 3 rings (SSSR count). The molecule has 1 N–H and O–H groups in total. The number of thiophene rings is 1. The number of sulfonamides is 1. The van der Waals surface area contributed by atoms with Gasteiger partial charge in [-0.3, -0.25) is 14.0 Å². The van der Waals surface area contributed by atoms with Crippen molar-refractivity contribution in [1.29, 1.82) is 0 Å². The largest absolute Gasteiger partial charge is 0.273 e. The van der Waals surface area contributed by atoms with E-state index in [0.29, 0.717) is 28.1 Å². The lowest BCUT2D eigenvalue weighted by Gasteiger charge is -2.08. The van der Waals surface area contributed by atoms with Crippen LogP contribution in [-0.2, 0) is 16.6 Å². The number of nitrogens with zero attached hydrogens (tertiary/aromatic N) is 5. The summed E-state index contributed by atoms with van der Waals surface area (Å²) in [6.07, 6.45) is 2.92. The summed E-state index contributed by atoms with van der Waals surface area (Å²) in [6, 6.07) is 3.01. The molecule has 11 heteroatoms. The topological polar surface area (TPSA) is 94.7 Å². The van der Waals surface area contributed by atoms with Gasteiger partial charge in [0.05, 0.1) is 10.0 Å². The Balaban J connectivity index is 2.07.